The first-order valence-electron chi connectivity index (χ1n) is 9.45. The molecule has 8 nitrogen and oxygen atoms in total. The molecule has 0 fully saturated rings. The Balaban J connectivity index is 0. The minimum absolute atomic E-state index is 0.0832. The van der Waals surface area contributed by atoms with Gasteiger partial charge in [0.15, 0.2) is 12.2 Å². The Morgan fingerprint density at radius 2 is 1.16 bits per heavy atom. The summed E-state index contributed by atoms with van der Waals surface area (Å²) < 4.78 is 86.5. The van der Waals surface area contributed by atoms with Gasteiger partial charge in [-0.1, -0.05) is 0 Å². The van der Waals surface area contributed by atoms with Crippen LogP contribution in [0.5, 0.6) is 0 Å². The van der Waals surface area contributed by atoms with E-state index in [1.54, 1.807) is 41.5 Å². The number of aliphatic hydroxyl groups is 1. The van der Waals surface area contributed by atoms with Gasteiger partial charge in [-0.15, -0.1) is 0 Å². The molecule has 0 aliphatic heterocycles. The Labute approximate surface area is 182 Å². The van der Waals surface area contributed by atoms with Crippen LogP contribution in [0.3, 0.4) is 0 Å². The van der Waals surface area contributed by atoms with Crippen molar-refractivity contribution in [3.05, 3.63) is 0 Å². The van der Waals surface area contributed by atoms with Crippen molar-refractivity contribution in [2.24, 2.45) is 0 Å². The predicted octanol–water partition coefficient (Wildman–Crippen LogP) is 3.91. The summed E-state index contributed by atoms with van der Waals surface area (Å²) >= 11 is 0. The molecule has 3 N–H and O–H groups in total. The van der Waals surface area contributed by atoms with E-state index in [1.807, 2.05) is 10.6 Å². The van der Waals surface area contributed by atoms with Gasteiger partial charge >= 0.3 is 24.5 Å². The summed E-state index contributed by atoms with van der Waals surface area (Å²) in [6, 6.07) is 0. The number of amides is 2. The first kappa shape index (κ1) is 32.2. The molecule has 2 amide bonds. The molecular formula is C18H32F6N2O6. The topological polar surface area (TPSA) is 106 Å². The van der Waals surface area contributed by atoms with Crippen LogP contribution in [0.4, 0.5) is 35.9 Å². The number of rotatable bonds is 6. The monoisotopic (exact) mass is 486 g/mol. The molecule has 0 radical (unpaired) electrons. The van der Waals surface area contributed by atoms with E-state index in [0.717, 1.165) is 0 Å². The van der Waals surface area contributed by atoms with Gasteiger partial charge in [-0.2, -0.15) is 26.3 Å². The Hall–Kier alpha value is -1.96. The predicted molar refractivity (Wildman–Crippen MR) is 102 cm³/mol. The fraction of sp³-hybridized carbons (Fsp3) is 0.889. The molecule has 0 aromatic heterocycles. The van der Waals surface area contributed by atoms with Gasteiger partial charge in [-0.25, -0.2) is 9.59 Å². The lowest BCUT2D eigenvalue weighted by atomic mass is 10.2. The van der Waals surface area contributed by atoms with Gasteiger partial charge in [-0.05, 0) is 48.5 Å². The Kier molecular flexibility index (Phi) is 13.0. The fourth-order valence-electron chi connectivity index (χ4n) is 1.57. The van der Waals surface area contributed by atoms with Gasteiger partial charge < -0.3 is 30.0 Å². The molecule has 0 aromatic rings. The summed E-state index contributed by atoms with van der Waals surface area (Å²) in [7, 11) is 0. The van der Waals surface area contributed by atoms with E-state index in [1.165, 1.54) is 6.92 Å². The van der Waals surface area contributed by atoms with Crippen LogP contribution in [-0.2, 0) is 14.2 Å². The maximum atomic E-state index is 12.4. The van der Waals surface area contributed by atoms with E-state index < -0.39 is 61.0 Å². The molecule has 2 unspecified atom stereocenters. The lowest BCUT2D eigenvalue weighted by Crippen LogP contribution is -2.44. The largest absolute Gasteiger partial charge is 0.444 e. The average Bonchev–Trinajstić information content (AvgIpc) is 2.51. The van der Waals surface area contributed by atoms with Gasteiger partial charge in [0.05, 0.1) is 13.1 Å². The van der Waals surface area contributed by atoms with Crippen LogP contribution < -0.4 is 10.6 Å². The number of alkyl halides is 6. The van der Waals surface area contributed by atoms with Crippen molar-refractivity contribution in [2.75, 3.05) is 19.7 Å². The molecule has 32 heavy (non-hydrogen) atoms. The highest BCUT2D eigenvalue weighted by Crippen LogP contribution is 2.22. The summed E-state index contributed by atoms with van der Waals surface area (Å²) in [6.45, 7) is 9.38. The van der Waals surface area contributed by atoms with E-state index >= 15 is 0 Å². The van der Waals surface area contributed by atoms with Crippen molar-refractivity contribution in [1.29, 1.82) is 0 Å². The van der Waals surface area contributed by atoms with E-state index in [-0.39, 0.29) is 6.61 Å². The third-order valence-electron chi connectivity index (χ3n) is 2.78. The molecule has 0 rings (SSSR count). The van der Waals surface area contributed by atoms with E-state index in [4.69, 9.17) is 9.84 Å². The lowest BCUT2D eigenvalue weighted by Gasteiger charge is -2.23. The zero-order valence-electron chi connectivity index (χ0n) is 19.0. The van der Waals surface area contributed by atoms with Crippen molar-refractivity contribution in [2.45, 2.75) is 84.2 Å². The molecule has 14 heteroatoms. The number of aliphatic hydroxyl groups excluding tert-OH is 1. The second kappa shape index (κ2) is 12.9. The number of alkyl carbamates (subject to hydrolysis) is 2. The zero-order valence-corrected chi connectivity index (χ0v) is 19.0. The number of nitrogens with one attached hydrogen (secondary N) is 2. The van der Waals surface area contributed by atoms with E-state index in [0.29, 0.717) is 0 Å². The quantitative estimate of drug-likeness (QED) is 0.492. The molecule has 0 aliphatic rings. The van der Waals surface area contributed by atoms with Crippen LogP contribution in [0.25, 0.3) is 0 Å². The second-order valence-electron chi connectivity index (χ2n) is 8.31. The number of hydrogen-bond donors (Lipinski definition) is 3. The summed E-state index contributed by atoms with van der Waals surface area (Å²) in [5.41, 5.74) is -1.53. The fourth-order valence-corrected chi connectivity index (χ4v) is 1.57. The Bertz CT molecular complexity index is 570. The smallest absolute Gasteiger partial charge is 0.416 e. The molecule has 0 heterocycles. The van der Waals surface area contributed by atoms with Crippen molar-refractivity contribution in [1.82, 2.24) is 10.6 Å². The van der Waals surface area contributed by atoms with E-state index in [9.17, 15) is 35.9 Å². The van der Waals surface area contributed by atoms with Crippen LogP contribution >= 0.6 is 0 Å². The van der Waals surface area contributed by atoms with Gasteiger partial charge in [0.25, 0.3) is 0 Å². The van der Waals surface area contributed by atoms with Gasteiger partial charge in [-0.3, -0.25) is 0 Å². The second-order valence-corrected chi connectivity index (χ2v) is 8.31. The highest BCUT2D eigenvalue weighted by atomic mass is 19.4. The average molecular weight is 486 g/mol. The van der Waals surface area contributed by atoms with Gasteiger partial charge in [0, 0.05) is 6.61 Å². The summed E-state index contributed by atoms with van der Waals surface area (Å²) in [5, 5.41) is 12.4. The number of carbonyl (C=O) groups excluding carboxylic acids is 2. The third-order valence-corrected chi connectivity index (χ3v) is 2.78. The van der Waals surface area contributed by atoms with Crippen LogP contribution in [0, 0.1) is 0 Å². The number of hydrogen-bond acceptors (Lipinski definition) is 6. The van der Waals surface area contributed by atoms with Crippen LogP contribution in [0.15, 0.2) is 0 Å². The highest BCUT2D eigenvalue weighted by Gasteiger charge is 2.41. The van der Waals surface area contributed by atoms with Crippen molar-refractivity contribution < 1.29 is 55.2 Å². The minimum atomic E-state index is -4.74. The number of halogens is 6. The molecule has 2 atom stereocenters. The highest BCUT2D eigenvalue weighted by molar-refractivity contribution is 5.68. The first-order chi connectivity index (χ1) is 14.1. The van der Waals surface area contributed by atoms with Crippen molar-refractivity contribution in [3.63, 3.8) is 0 Å². The Morgan fingerprint density at radius 3 is 1.44 bits per heavy atom. The number of ether oxygens (including phenoxy) is 3. The van der Waals surface area contributed by atoms with Crippen molar-refractivity contribution in [3.8, 4) is 0 Å². The molecule has 0 saturated heterocycles. The molecule has 0 aliphatic carbocycles. The molecular weight excluding hydrogens is 454 g/mol. The Morgan fingerprint density at radius 1 is 0.781 bits per heavy atom. The normalized spacial score (nSPS) is 14.4. The SMILES string of the molecule is CC(C)(C)OC(=O)NCC(O)C(F)(F)F.CCOC(CNC(=O)OC(C)(C)C)C(F)(F)F. The van der Waals surface area contributed by atoms with Crippen molar-refractivity contribution >= 4 is 12.2 Å². The number of carbonyl (C=O) groups is 2. The summed E-state index contributed by atoms with van der Waals surface area (Å²) in [4.78, 5) is 22.0. The summed E-state index contributed by atoms with van der Waals surface area (Å²) in [6.07, 6.45) is -15.7. The third kappa shape index (κ3) is 18.8. The van der Waals surface area contributed by atoms with Gasteiger partial charge in [0.2, 0.25) is 0 Å². The molecule has 0 bridgehead atoms. The minimum Gasteiger partial charge on any atom is -0.444 e. The maximum absolute atomic E-state index is 12.4. The molecule has 0 saturated carbocycles. The van der Waals surface area contributed by atoms with Gasteiger partial charge in [0.1, 0.15) is 11.2 Å². The standard InChI is InChI=1S/C10H18F3NO3.C8H14F3NO3/c1-5-16-7(10(11,12)13)6-14-8(15)17-9(2,3)4;1-7(2,3)15-6(14)12-4-5(13)8(9,10)11/h7H,5-6H2,1-4H3,(H,14,15);5,13H,4H2,1-3H3,(H,12,14). The molecule has 0 aromatic carbocycles. The van der Waals surface area contributed by atoms with E-state index in [2.05, 4.69) is 9.47 Å². The van der Waals surface area contributed by atoms with Crippen LogP contribution in [0.2, 0.25) is 0 Å². The first-order valence-corrected chi connectivity index (χ1v) is 9.45. The lowest BCUT2D eigenvalue weighted by molar-refractivity contribution is -0.216. The van der Waals surface area contributed by atoms with Crippen LogP contribution in [0.1, 0.15) is 48.5 Å². The maximum Gasteiger partial charge on any atom is 0.416 e. The summed E-state index contributed by atoms with van der Waals surface area (Å²) in [5.74, 6) is 0. The molecule has 192 valence electrons. The van der Waals surface area contributed by atoms with Crippen LogP contribution in [-0.4, -0.2) is 72.8 Å². The zero-order chi connectivity index (χ0) is 26.0. The molecule has 0 spiro atoms.